The smallest absolute Gasteiger partial charge is 0.338 e. The molecule has 0 spiro atoms. The van der Waals surface area contributed by atoms with Crippen molar-refractivity contribution in [2.75, 3.05) is 6.61 Å². The standard InChI is InChI=1S/C30H30O8/c1-30(2)37-24-23(19-33-27(31)21-14-8-4-9-15-21)35-29(34-18-20-12-6-3-7-13-20)26(25(24)38-30)36-28(32)22-16-10-5-11-17-22/h3-17,23-26,29H,18-19H2,1-2H3/t23-,24+,25+,26-,29+/m1/s1. The Kier molecular flexibility index (Phi) is 7.85. The summed E-state index contributed by atoms with van der Waals surface area (Å²) in [6, 6.07) is 27.0. The minimum Gasteiger partial charge on any atom is -0.459 e. The van der Waals surface area contributed by atoms with Gasteiger partial charge < -0.3 is 28.4 Å². The maximum absolute atomic E-state index is 13.0. The third kappa shape index (κ3) is 6.11. The van der Waals surface area contributed by atoms with Gasteiger partial charge in [0, 0.05) is 0 Å². The van der Waals surface area contributed by atoms with Crippen molar-refractivity contribution in [1.82, 2.24) is 0 Å². The van der Waals surface area contributed by atoms with Crippen LogP contribution in [0.1, 0.15) is 40.1 Å². The fourth-order valence-corrected chi connectivity index (χ4v) is 4.57. The lowest BCUT2D eigenvalue weighted by molar-refractivity contribution is -0.284. The molecule has 0 aliphatic carbocycles. The summed E-state index contributed by atoms with van der Waals surface area (Å²) in [7, 11) is 0. The lowest BCUT2D eigenvalue weighted by Gasteiger charge is -2.41. The Hall–Kier alpha value is -3.56. The summed E-state index contributed by atoms with van der Waals surface area (Å²) < 4.78 is 36.3. The van der Waals surface area contributed by atoms with Crippen molar-refractivity contribution >= 4 is 11.9 Å². The van der Waals surface area contributed by atoms with Crippen LogP contribution in [0.25, 0.3) is 0 Å². The second-order valence-electron chi connectivity index (χ2n) is 9.60. The highest BCUT2D eigenvalue weighted by molar-refractivity contribution is 5.89. The zero-order chi connectivity index (χ0) is 26.5. The molecule has 2 fully saturated rings. The molecule has 0 bridgehead atoms. The molecule has 3 aromatic carbocycles. The van der Waals surface area contributed by atoms with Gasteiger partial charge in [-0.1, -0.05) is 66.7 Å². The van der Waals surface area contributed by atoms with Gasteiger partial charge in [0.25, 0.3) is 0 Å². The fourth-order valence-electron chi connectivity index (χ4n) is 4.57. The number of carbonyl (C=O) groups excluding carboxylic acids is 2. The van der Waals surface area contributed by atoms with Crippen molar-refractivity contribution in [2.24, 2.45) is 0 Å². The average molecular weight is 519 g/mol. The third-order valence-corrected chi connectivity index (χ3v) is 6.33. The monoisotopic (exact) mass is 518 g/mol. The quantitative estimate of drug-likeness (QED) is 0.402. The molecule has 0 N–H and O–H groups in total. The van der Waals surface area contributed by atoms with Gasteiger partial charge in [-0.15, -0.1) is 0 Å². The minimum absolute atomic E-state index is 0.0983. The molecule has 2 aliphatic rings. The molecule has 38 heavy (non-hydrogen) atoms. The number of hydrogen-bond donors (Lipinski definition) is 0. The van der Waals surface area contributed by atoms with Crippen LogP contribution in [0.5, 0.6) is 0 Å². The van der Waals surface area contributed by atoms with Crippen molar-refractivity contribution in [3.05, 3.63) is 108 Å². The molecule has 0 amide bonds. The number of carbonyl (C=O) groups is 2. The molecular formula is C30H30O8. The Bertz CT molecular complexity index is 1210. The van der Waals surface area contributed by atoms with E-state index in [9.17, 15) is 9.59 Å². The van der Waals surface area contributed by atoms with E-state index < -0.39 is 48.4 Å². The van der Waals surface area contributed by atoms with E-state index >= 15 is 0 Å². The van der Waals surface area contributed by atoms with Crippen LogP contribution in [0.15, 0.2) is 91.0 Å². The molecule has 2 aliphatic heterocycles. The SMILES string of the molecule is CC1(C)O[C@H]2[C@@H](O1)[C@@H](COC(=O)c1ccccc1)O[C@H](OCc1ccccc1)[C@@H]2OC(=O)c1ccccc1. The average Bonchev–Trinajstić information content (AvgIpc) is 3.28. The van der Waals surface area contributed by atoms with E-state index in [0.29, 0.717) is 11.1 Å². The Labute approximate surface area is 221 Å². The lowest BCUT2D eigenvalue weighted by Crippen LogP contribution is -2.59. The molecular weight excluding hydrogens is 488 g/mol. The van der Waals surface area contributed by atoms with E-state index in [1.807, 2.05) is 42.5 Å². The summed E-state index contributed by atoms with van der Waals surface area (Å²) in [5.74, 6) is -2.00. The van der Waals surface area contributed by atoms with Gasteiger partial charge >= 0.3 is 11.9 Å². The highest BCUT2D eigenvalue weighted by atomic mass is 16.8. The van der Waals surface area contributed by atoms with Gasteiger partial charge in [0.05, 0.1) is 17.7 Å². The van der Waals surface area contributed by atoms with Crippen molar-refractivity contribution < 1.29 is 38.0 Å². The Morgan fingerprint density at radius 1 is 0.763 bits per heavy atom. The number of hydrogen-bond acceptors (Lipinski definition) is 8. The van der Waals surface area contributed by atoms with Gasteiger partial charge in [-0.3, -0.25) is 0 Å². The highest BCUT2D eigenvalue weighted by Crippen LogP contribution is 2.39. The second kappa shape index (κ2) is 11.4. The number of fused-ring (bicyclic) bond motifs is 1. The normalized spacial score (nSPS) is 25.8. The van der Waals surface area contributed by atoms with E-state index in [2.05, 4.69) is 0 Å². The molecule has 8 heteroatoms. The van der Waals surface area contributed by atoms with E-state index in [-0.39, 0.29) is 13.2 Å². The summed E-state index contributed by atoms with van der Waals surface area (Å²) in [4.78, 5) is 25.7. The predicted molar refractivity (Wildman–Crippen MR) is 136 cm³/mol. The van der Waals surface area contributed by atoms with Gasteiger partial charge in [-0.2, -0.15) is 0 Å². The van der Waals surface area contributed by atoms with Gasteiger partial charge in [0.15, 0.2) is 18.2 Å². The Balaban J connectivity index is 1.37. The van der Waals surface area contributed by atoms with Crippen LogP contribution in [0.2, 0.25) is 0 Å². The molecule has 5 atom stereocenters. The van der Waals surface area contributed by atoms with Crippen LogP contribution in [-0.2, 0) is 35.0 Å². The van der Waals surface area contributed by atoms with Gasteiger partial charge in [-0.05, 0) is 43.7 Å². The van der Waals surface area contributed by atoms with Crippen molar-refractivity contribution in [3.8, 4) is 0 Å². The molecule has 2 saturated heterocycles. The van der Waals surface area contributed by atoms with Gasteiger partial charge in [-0.25, -0.2) is 9.59 Å². The van der Waals surface area contributed by atoms with Crippen LogP contribution in [0.4, 0.5) is 0 Å². The van der Waals surface area contributed by atoms with Crippen LogP contribution in [0.3, 0.4) is 0 Å². The molecule has 5 rings (SSSR count). The van der Waals surface area contributed by atoms with Crippen molar-refractivity contribution in [1.29, 1.82) is 0 Å². The summed E-state index contributed by atoms with van der Waals surface area (Å²) in [5.41, 5.74) is 1.74. The van der Waals surface area contributed by atoms with Gasteiger partial charge in [0.2, 0.25) is 0 Å². The minimum atomic E-state index is -0.998. The first kappa shape index (κ1) is 26.1. The van der Waals surface area contributed by atoms with Gasteiger partial charge in [0.1, 0.15) is 24.9 Å². The van der Waals surface area contributed by atoms with Crippen LogP contribution < -0.4 is 0 Å². The van der Waals surface area contributed by atoms with Crippen molar-refractivity contribution in [3.63, 3.8) is 0 Å². The molecule has 8 nitrogen and oxygen atoms in total. The molecule has 0 radical (unpaired) electrons. The molecule has 0 unspecified atom stereocenters. The Morgan fingerprint density at radius 3 is 1.95 bits per heavy atom. The fraction of sp³-hybridized carbons (Fsp3) is 0.333. The first-order valence-corrected chi connectivity index (χ1v) is 12.5. The van der Waals surface area contributed by atoms with Crippen LogP contribution >= 0.6 is 0 Å². The zero-order valence-electron chi connectivity index (χ0n) is 21.2. The van der Waals surface area contributed by atoms with E-state index in [1.54, 1.807) is 62.4 Å². The summed E-state index contributed by atoms with van der Waals surface area (Å²) in [6.45, 7) is 3.66. The second-order valence-corrected chi connectivity index (χ2v) is 9.60. The van der Waals surface area contributed by atoms with E-state index in [1.165, 1.54) is 0 Å². The molecule has 198 valence electrons. The molecule has 0 aromatic heterocycles. The predicted octanol–water partition coefficient (Wildman–Crippen LogP) is 4.53. The third-order valence-electron chi connectivity index (χ3n) is 6.33. The summed E-state index contributed by atoms with van der Waals surface area (Å²) >= 11 is 0. The molecule has 3 aromatic rings. The Morgan fingerprint density at radius 2 is 1.32 bits per heavy atom. The maximum Gasteiger partial charge on any atom is 0.338 e. The number of benzene rings is 3. The van der Waals surface area contributed by atoms with Crippen LogP contribution in [-0.4, -0.2) is 55.0 Å². The maximum atomic E-state index is 13.0. The van der Waals surface area contributed by atoms with Crippen molar-refractivity contribution in [2.45, 2.75) is 56.9 Å². The zero-order valence-corrected chi connectivity index (χ0v) is 21.2. The van der Waals surface area contributed by atoms with Crippen LogP contribution in [0, 0.1) is 0 Å². The molecule has 2 heterocycles. The number of esters is 2. The molecule has 0 saturated carbocycles. The largest absolute Gasteiger partial charge is 0.459 e. The first-order chi connectivity index (χ1) is 18.4. The summed E-state index contributed by atoms with van der Waals surface area (Å²) in [6.07, 6.45) is -4.03. The highest BCUT2D eigenvalue weighted by Gasteiger charge is 2.57. The number of ether oxygens (including phenoxy) is 6. The van der Waals surface area contributed by atoms with E-state index in [0.717, 1.165) is 5.56 Å². The van der Waals surface area contributed by atoms with E-state index in [4.69, 9.17) is 28.4 Å². The lowest BCUT2D eigenvalue weighted by atomic mass is 9.99. The topological polar surface area (TPSA) is 89.5 Å². The first-order valence-electron chi connectivity index (χ1n) is 12.5. The summed E-state index contributed by atoms with van der Waals surface area (Å²) in [5, 5.41) is 0. The number of rotatable bonds is 8.